The molecule has 8 nitrogen and oxygen atoms in total. The van der Waals surface area contributed by atoms with Crippen molar-refractivity contribution in [2.45, 2.75) is 38.4 Å². The molecule has 1 aromatic carbocycles. The predicted molar refractivity (Wildman–Crippen MR) is 142 cm³/mol. The van der Waals surface area contributed by atoms with E-state index >= 15 is 0 Å². The molecule has 3 aliphatic rings. The van der Waals surface area contributed by atoms with Gasteiger partial charge in [0.2, 0.25) is 5.91 Å². The highest BCUT2D eigenvalue weighted by molar-refractivity contribution is 5.97. The molecule has 1 N–H and O–H groups in total. The molecule has 2 aliphatic heterocycles. The molecule has 37 heavy (non-hydrogen) atoms. The van der Waals surface area contributed by atoms with Crippen molar-refractivity contribution in [3.05, 3.63) is 47.9 Å². The van der Waals surface area contributed by atoms with Gasteiger partial charge in [-0.2, -0.15) is 5.10 Å². The van der Waals surface area contributed by atoms with Crippen LogP contribution in [0.15, 0.2) is 36.8 Å². The minimum Gasteiger partial charge on any atom is -0.376 e. The number of anilines is 2. The number of pyridine rings is 1. The van der Waals surface area contributed by atoms with Crippen LogP contribution in [0.4, 0.5) is 15.9 Å². The van der Waals surface area contributed by atoms with Crippen molar-refractivity contribution in [2.24, 2.45) is 18.9 Å². The monoisotopic (exact) mass is 506 g/mol. The number of halogens is 1. The van der Waals surface area contributed by atoms with Crippen LogP contribution >= 0.6 is 0 Å². The van der Waals surface area contributed by atoms with Crippen molar-refractivity contribution in [1.82, 2.24) is 19.7 Å². The molecule has 2 aromatic heterocycles. The van der Waals surface area contributed by atoms with Gasteiger partial charge in [-0.3, -0.25) is 14.4 Å². The SMILES string of the molecule is Cc1cc2cnc(NC(=O)[C@@H]3[C@H](C)[C@H]3c3cnn(C)c3)cc2cc1N1CCN([C@@]2(C)COC[C@H]2F)CC1. The molecule has 196 valence electrons. The van der Waals surface area contributed by atoms with Gasteiger partial charge in [0.25, 0.3) is 0 Å². The first-order valence-electron chi connectivity index (χ1n) is 13.2. The van der Waals surface area contributed by atoms with E-state index in [0.29, 0.717) is 12.4 Å². The summed E-state index contributed by atoms with van der Waals surface area (Å²) in [6.45, 7) is 10.1. The zero-order valence-corrected chi connectivity index (χ0v) is 21.9. The minimum atomic E-state index is -0.944. The molecule has 2 saturated heterocycles. The van der Waals surface area contributed by atoms with Crippen LogP contribution in [0, 0.1) is 18.8 Å². The summed E-state index contributed by atoms with van der Waals surface area (Å²) >= 11 is 0. The lowest BCUT2D eigenvalue weighted by atomic mass is 9.96. The number of carbonyl (C=O) groups is 1. The van der Waals surface area contributed by atoms with Crippen molar-refractivity contribution in [3.63, 3.8) is 0 Å². The van der Waals surface area contributed by atoms with Gasteiger partial charge in [0, 0.05) is 68.5 Å². The molecule has 1 saturated carbocycles. The molecule has 9 heteroatoms. The quantitative estimate of drug-likeness (QED) is 0.571. The van der Waals surface area contributed by atoms with E-state index in [4.69, 9.17) is 4.74 Å². The lowest BCUT2D eigenvalue weighted by molar-refractivity contribution is -0.117. The summed E-state index contributed by atoms with van der Waals surface area (Å²) in [6, 6.07) is 6.30. The molecule has 1 aliphatic carbocycles. The summed E-state index contributed by atoms with van der Waals surface area (Å²) in [5.74, 6) is 0.996. The number of fused-ring (bicyclic) bond motifs is 1. The van der Waals surface area contributed by atoms with Gasteiger partial charge in [-0.15, -0.1) is 0 Å². The molecule has 0 unspecified atom stereocenters. The van der Waals surface area contributed by atoms with Crippen molar-refractivity contribution in [3.8, 4) is 0 Å². The fraction of sp³-hybridized carbons (Fsp3) is 0.536. The van der Waals surface area contributed by atoms with Crippen molar-refractivity contribution in [2.75, 3.05) is 49.6 Å². The zero-order valence-electron chi connectivity index (χ0n) is 21.9. The van der Waals surface area contributed by atoms with Gasteiger partial charge in [-0.25, -0.2) is 9.37 Å². The third-order valence-electron chi connectivity index (χ3n) is 8.76. The Kier molecular flexibility index (Phi) is 5.95. The number of nitrogens with one attached hydrogen (secondary N) is 1. The molecule has 3 aromatic rings. The van der Waals surface area contributed by atoms with Crippen LogP contribution in [0.3, 0.4) is 0 Å². The lowest BCUT2D eigenvalue weighted by Gasteiger charge is -2.45. The molecular weight excluding hydrogens is 471 g/mol. The smallest absolute Gasteiger partial charge is 0.229 e. The molecule has 0 spiro atoms. The van der Waals surface area contributed by atoms with Gasteiger partial charge in [0.1, 0.15) is 12.0 Å². The molecule has 1 amide bonds. The summed E-state index contributed by atoms with van der Waals surface area (Å²) in [5.41, 5.74) is 2.94. The summed E-state index contributed by atoms with van der Waals surface area (Å²) in [6.07, 6.45) is 4.73. The normalized spacial score (nSPS) is 30.1. The van der Waals surface area contributed by atoms with E-state index in [0.717, 1.165) is 42.5 Å². The summed E-state index contributed by atoms with van der Waals surface area (Å²) in [5, 5.41) is 9.39. The Labute approximate surface area is 216 Å². The first-order chi connectivity index (χ1) is 17.7. The van der Waals surface area contributed by atoms with Crippen LogP contribution in [0.25, 0.3) is 10.8 Å². The van der Waals surface area contributed by atoms with Gasteiger partial charge in [0.05, 0.1) is 24.9 Å². The Bertz CT molecular complexity index is 1340. The van der Waals surface area contributed by atoms with Crippen molar-refractivity contribution >= 4 is 28.2 Å². The van der Waals surface area contributed by atoms with E-state index in [1.807, 2.05) is 38.6 Å². The average molecular weight is 507 g/mol. The highest BCUT2D eigenvalue weighted by Gasteiger charge is 2.53. The number of benzene rings is 1. The molecule has 6 rings (SSSR count). The van der Waals surface area contributed by atoms with Crippen molar-refractivity contribution < 1.29 is 13.9 Å². The summed E-state index contributed by atoms with van der Waals surface area (Å²) in [4.78, 5) is 22.2. The highest BCUT2D eigenvalue weighted by Crippen LogP contribution is 2.54. The molecule has 4 heterocycles. The maximum Gasteiger partial charge on any atom is 0.229 e. The summed E-state index contributed by atoms with van der Waals surface area (Å²) in [7, 11) is 1.89. The fourth-order valence-electron chi connectivity index (χ4n) is 6.29. The van der Waals surface area contributed by atoms with E-state index in [2.05, 4.69) is 51.2 Å². The first-order valence-corrected chi connectivity index (χ1v) is 13.2. The number of rotatable bonds is 5. The minimum absolute atomic E-state index is 0.00668. The largest absolute Gasteiger partial charge is 0.376 e. The fourth-order valence-corrected chi connectivity index (χ4v) is 6.29. The van der Waals surface area contributed by atoms with Crippen LogP contribution in [0.5, 0.6) is 0 Å². The Morgan fingerprint density at radius 2 is 1.95 bits per heavy atom. The van der Waals surface area contributed by atoms with Crippen LogP contribution in [-0.2, 0) is 16.6 Å². The van der Waals surface area contributed by atoms with Crippen LogP contribution < -0.4 is 10.2 Å². The number of piperazine rings is 1. The molecule has 0 bridgehead atoms. The predicted octanol–water partition coefficient (Wildman–Crippen LogP) is 3.51. The number of amides is 1. The first kappa shape index (κ1) is 24.3. The number of nitrogens with zero attached hydrogens (tertiary/aromatic N) is 5. The molecule has 0 radical (unpaired) electrons. The number of hydrogen-bond donors (Lipinski definition) is 1. The number of carbonyl (C=O) groups excluding carboxylic acids is 1. The number of alkyl halides is 1. The number of aryl methyl sites for hydroxylation is 2. The highest BCUT2D eigenvalue weighted by atomic mass is 19.1. The molecular formula is C28H35FN6O2. The number of hydrogen-bond acceptors (Lipinski definition) is 6. The van der Waals surface area contributed by atoms with E-state index < -0.39 is 11.7 Å². The second-order valence-electron chi connectivity index (χ2n) is 11.2. The van der Waals surface area contributed by atoms with Crippen molar-refractivity contribution in [1.29, 1.82) is 0 Å². The van der Waals surface area contributed by atoms with Gasteiger partial charge in [0.15, 0.2) is 0 Å². The lowest BCUT2D eigenvalue weighted by Crippen LogP contribution is -2.59. The van der Waals surface area contributed by atoms with Gasteiger partial charge in [-0.1, -0.05) is 6.92 Å². The maximum absolute atomic E-state index is 14.5. The topological polar surface area (TPSA) is 75.5 Å². The Morgan fingerprint density at radius 3 is 2.62 bits per heavy atom. The Balaban J connectivity index is 1.16. The zero-order chi connectivity index (χ0) is 25.9. The van der Waals surface area contributed by atoms with E-state index in [1.165, 1.54) is 11.3 Å². The molecule has 3 fully saturated rings. The Morgan fingerprint density at radius 1 is 1.16 bits per heavy atom. The standard InChI is InChI=1S/C28H35FN6O2/c1-17-9-20-12-30-24(32-27(36)26-18(2)25(26)21-13-31-33(4)14-21)11-19(20)10-22(17)34-5-7-35(8-6-34)28(3)16-37-15-23(28)29/h9-14,18,23,25-26H,5-8,15-16H2,1-4H3,(H,30,32,36)/t18-,23-,25+,26-,28+/m1/s1. The van der Waals surface area contributed by atoms with Crippen LogP contribution in [-0.4, -0.2) is 76.7 Å². The van der Waals surface area contributed by atoms with Gasteiger partial charge in [-0.05, 0) is 54.5 Å². The van der Waals surface area contributed by atoms with E-state index in [9.17, 15) is 9.18 Å². The third-order valence-corrected chi connectivity index (χ3v) is 8.76. The second kappa shape index (κ2) is 9.06. The maximum atomic E-state index is 14.5. The van der Waals surface area contributed by atoms with E-state index in [-0.39, 0.29) is 30.3 Å². The third kappa shape index (κ3) is 4.28. The Hall–Kier alpha value is -3.04. The van der Waals surface area contributed by atoms with Gasteiger partial charge < -0.3 is 15.0 Å². The average Bonchev–Trinajstić information content (AvgIpc) is 3.15. The van der Waals surface area contributed by atoms with Crippen LogP contribution in [0.2, 0.25) is 0 Å². The number of ether oxygens (including phenoxy) is 1. The number of aromatic nitrogens is 3. The summed E-state index contributed by atoms with van der Waals surface area (Å²) < 4.78 is 21.7. The molecule has 5 atom stereocenters. The van der Waals surface area contributed by atoms with Crippen LogP contribution in [0.1, 0.15) is 30.9 Å². The van der Waals surface area contributed by atoms with E-state index in [1.54, 1.807) is 4.68 Å². The second-order valence-corrected chi connectivity index (χ2v) is 11.2. The van der Waals surface area contributed by atoms with Gasteiger partial charge >= 0.3 is 0 Å².